The van der Waals surface area contributed by atoms with Gasteiger partial charge in [-0.2, -0.15) is 0 Å². The number of halogens is 3. The molecule has 1 saturated carbocycles. The molecule has 1 aromatic carbocycles. The minimum absolute atomic E-state index is 0. The molecule has 0 aliphatic heterocycles. The maximum absolute atomic E-state index is 15.7. The summed E-state index contributed by atoms with van der Waals surface area (Å²) in [5, 5.41) is 44.3. The van der Waals surface area contributed by atoms with E-state index in [1.54, 1.807) is 0 Å². The molecule has 13 heteroatoms. The Morgan fingerprint density at radius 1 is 1.18 bits per heavy atom. The highest BCUT2D eigenvalue weighted by atomic mass is 35.5. The lowest BCUT2D eigenvalue weighted by Crippen LogP contribution is -2.65. The molecule has 0 bridgehead atoms. The molecule has 1 aromatic rings. The second kappa shape index (κ2) is 11.4. The number of carbonyl (C=O) groups excluding carboxylic acids is 3. The molecule has 0 radical (unpaired) electrons. The maximum atomic E-state index is 15.7. The lowest BCUT2D eigenvalue weighted by molar-refractivity contribution is -0.153. The highest BCUT2D eigenvalue weighted by molar-refractivity contribution is 6.24. The van der Waals surface area contributed by atoms with Crippen molar-refractivity contribution in [3.63, 3.8) is 0 Å². The van der Waals surface area contributed by atoms with Gasteiger partial charge in [-0.3, -0.25) is 19.3 Å². The Kier molecular flexibility index (Phi) is 9.52. The topological polar surface area (TPSA) is 165 Å². The fourth-order valence-electron chi connectivity index (χ4n) is 6.21. The minimum atomic E-state index is -2.72. The Morgan fingerprint density at radius 3 is 2.33 bits per heavy atom. The van der Waals surface area contributed by atoms with Crippen LogP contribution in [0.2, 0.25) is 0 Å². The number of nitrogens with two attached hydrogens (primary N) is 1. The monoisotopic (exact) mass is 589 g/mol. The summed E-state index contributed by atoms with van der Waals surface area (Å²) < 4.78 is 15.7. The first-order chi connectivity index (χ1) is 17.3. The number of hydrogen-bond donors (Lipinski definition) is 5. The van der Waals surface area contributed by atoms with Crippen LogP contribution >= 0.6 is 24.8 Å². The summed E-state index contributed by atoms with van der Waals surface area (Å²) in [5.74, 6) is -8.20. The van der Waals surface area contributed by atoms with Crippen LogP contribution in [0.4, 0.5) is 4.39 Å². The van der Waals surface area contributed by atoms with E-state index in [-0.39, 0.29) is 66.5 Å². The average Bonchev–Trinajstić information content (AvgIpc) is 2.79. The van der Waals surface area contributed by atoms with E-state index >= 15 is 4.39 Å². The standard InChI is InChI=1S/C26H32FN3O7.2ClH/c1-5-6-30(4)10-12-9-15(31)17-13(19(12)27)7-11-8-14-20(29(2)3)22(33)18(25(28)36)24(35)26(14,37)23(34)16(11)21(17)32;;/h9,11,14,20,31-32,35,37H,5-8,10H2,1-4H3,(H2,28,36);2*1H/t11-,14-,20-,26-;;/m0../s1. The second-order valence-electron chi connectivity index (χ2n) is 10.4. The predicted octanol–water partition coefficient (Wildman–Crippen LogP) is 1.79. The van der Waals surface area contributed by atoms with Crippen molar-refractivity contribution in [2.45, 2.75) is 44.4 Å². The number of aliphatic hydroxyl groups is 3. The smallest absolute Gasteiger partial charge is 0.255 e. The zero-order valence-electron chi connectivity index (χ0n) is 22.0. The number of likely N-dealkylation sites (N-methyl/N-ethyl adjacent to an activating group) is 1. The van der Waals surface area contributed by atoms with E-state index in [9.17, 15) is 34.8 Å². The average molecular weight is 590 g/mol. The number of nitrogens with zero attached hydrogens (tertiary/aromatic N) is 2. The van der Waals surface area contributed by atoms with Crippen molar-refractivity contribution in [2.75, 3.05) is 27.7 Å². The molecule has 6 N–H and O–H groups in total. The van der Waals surface area contributed by atoms with Crippen LogP contribution < -0.4 is 5.73 Å². The third kappa shape index (κ3) is 4.80. The van der Waals surface area contributed by atoms with E-state index in [4.69, 9.17) is 5.73 Å². The van der Waals surface area contributed by atoms with E-state index in [1.807, 2.05) is 18.9 Å². The molecule has 3 aliphatic carbocycles. The van der Waals surface area contributed by atoms with Crippen molar-refractivity contribution in [1.82, 2.24) is 9.80 Å². The summed E-state index contributed by atoms with van der Waals surface area (Å²) in [6.07, 6.45) is 0.673. The number of hydrogen-bond acceptors (Lipinski definition) is 9. The Labute approximate surface area is 237 Å². The number of Topliss-reactive ketones (excluding diaryl/α,β-unsaturated/α-hetero) is 2. The molecule has 0 aromatic heterocycles. The molecule has 3 aliphatic rings. The van der Waals surface area contributed by atoms with Gasteiger partial charge in [0.25, 0.3) is 5.91 Å². The lowest BCUT2D eigenvalue weighted by atomic mass is 9.57. The number of fused-ring (bicyclic) bond motifs is 3. The Morgan fingerprint density at radius 2 is 1.79 bits per heavy atom. The van der Waals surface area contributed by atoms with Crippen molar-refractivity contribution in [2.24, 2.45) is 17.6 Å². The molecule has 0 heterocycles. The maximum Gasteiger partial charge on any atom is 0.255 e. The summed E-state index contributed by atoms with van der Waals surface area (Å²) in [6, 6.07) is 0.0105. The van der Waals surface area contributed by atoms with E-state index in [1.165, 1.54) is 25.1 Å². The summed E-state index contributed by atoms with van der Waals surface area (Å²) in [7, 11) is 4.85. The minimum Gasteiger partial charge on any atom is -0.508 e. The summed E-state index contributed by atoms with van der Waals surface area (Å²) in [5.41, 5.74) is 1.41. The number of benzene rings is 1. The Bertz CT molecular complexity index is 1280. The van der Waals surface area contributed by atoms with Crippen molar-refractivity contribution >= 4 is 48.0 Å². The number of carbonyl (C=O) groups is 3. The number of aromatic hydroxyl groups is 1. The molecule has 4 atom stereocenters. The molecular weight excluding hydrogens is 556 g/mol. The molecule has 1 amide bonds. The van der Waals surface area contributed by atoms with Gasteiger partial charge in [0, 0.05) is 29.2 Å². The SMILES string of the molecule is CCCN(C)Cc1cc(O)c2c(c1F)C[C@H]1C[C@H]3[C@H](N(C)C)C(=O)C(C(N)=O)=C(O)[C@@]3(O)C(=O)C1=C2O.Cl.Cl. The van der Waals surface area contributed by atoms with E-state index in [2.05, 4.69) is 0 Å². The van der Waals surface area contributed by atoms with Crippen LogP contribution in [-0.4, -0.2) is 87.0 Å². The fourth-order valence-corrected chi connectivity index (χ4v) is 6.21. The number of phenols is 1. The molecule has 1 fully saturated rings. The normalized spacial score (nSPS) is 26.1. The third-order valence-corrected chi connectivity index (χ3v) is 7.77. The molecular formula is C26H34Cl2FN3O7. The van der Waals surface area contributed by atoms with Gasteiger partial charge in [-0.1, -0.05) is 6.92 Å². The first kappa shape index (κ1) is 32.5. The first-order valence-corrected chi connectivity index (χ1v) is 12.1. The molecule has 0 spiro atoms. The molecule has 4 rings (SSSR count). The van der Waals surface area contributed by atoms with Gasteiger partial charge in [-0.05, 0) is 58.9 Å². The summed E-state index contributed by atoms with van der Waals surface area (Å²) in [4.78, 5) is 42.2. The Balaban J connectivity index is 0.00000267. The van der Waals surface area contributed by atoms with Crippen molar-refractivity contribution in [3.8, 4) is 5.75 Å². The van der Waals surface area contributed by atoms with Crippen LogP contribution in [0.25, 0.3) is 5.76 Å². The zero-order chi connectivity index (χ0) is 27.6. The first-order valence-electron chi connectivity index (χ1n) is 12.1. The van der Waals surface area contributed by atoms with Gasteiger partial charge in [-0.25, -0.2) is 4.39 Å². The number of rotatable bonds is 6. The molecule has 39 heavy (non-hydrogen) atoms. The van der Waals surface area contributed by atoms with Crippen LogP contribution in [-0.2, 0) is 27.3 Å². The fraction of sp³-hybridized carbons (Fsp3) is 0.500. The number of ketones is 2. The summed E-state index contributed by atoms with van der Waals surface area (Å²) in [6.45, 7) is 2.91. The van der Waals surface area contributed by atoms with E-state index in [0.717, 1.165) is 6.42 Å². The molecule has 0 saturated heterocycles. The van der Waals surface area contributed by atoms with Crippen LogP contribution in [0, 0.1) is 17.7 Å². The quantitative estimate of drug-likeness (QED) is 0.311. The van der Waals surface area contributed by atoms with Gasteiger partial charge in [0.2, 0.25) is 5.78 Å². The van der Waals surface area contributed by atoms with Crippen LogP contribution in [0.15, 0.2) is 23.0 Å². The van der Waals surface area contributed by atoms with Crippen LogP contribution in [0.3, 0.4) is 0 Å². The number of aliphatic hydroxyl groups excluding tert-OH is 2. The largest absolute Gasteiger partial charge is 0.508 e. The molecule has 216 valence electrons. The van der Waals surface area contributed by atoms with Gasteiger partial charge in [0.1, 0.15) is 28.7 Å². The molecule has 10 nitrogen and oxygen atoms in total. The highest BCUT2D eigenvalue weighted by Crippen LogP contribution is 2.53. The summed E-state index contributed by atoms with van der Waals surface area (Å²) >= 11 is 0. The van der Waals surface area contributed by atoms with Crippen molar-refractivity contribution < 1.29 is 39.2 Å². The number of amides is 1. The second-order valence-corrected chi connectivity index (χ2v) is 10.4. The Hall–Kier alpha value is -2.70. The van der Waals surface area contributed by atoms with Crippen molar-refractivity contribution in [1.29, 1.82) is 0 Å². The van der Waals surface area contributed by atoms with Crippen molar-refractivity contribution in [3.05, 3.63) is 45.5 Å². The third-order valence-electron chi connectivity index (χ3n) is 7.77. The van der Waals surface area contributed by atoms with Gasteiger partial charge in [0.15, 0.2) is 11.4 Å². The molecule has 0 unspecified atom stereocenters. The van der Waals surface area contributed by atoms with E-state index in [0.29, 0.717) is 6.54 Å². The number of primary amides is 1. The van der Waals surface area contributed by atoms with Gasteiger partial charge < -0.3 is 31.1 Å². The van der Waals surface area contributed by atoms with Gasteiger partial charge in [-0.15, -0.1) is 24.8 Å². The lowest BCUT2D eigenvalue weighted by Gasteiger charge is -2.50. The predicted molar refractivity (Wildman–Crippen MR) is 145 cm³/mol. The number of phenolic OH excluding ortho intramolecular Hbond substituents is 1. The highest BCUT2D eigenvalue weighted by Gasteiger charge is 2.64. The van der Waals surface area contributed by atoms with Gasteiger partial charge in [0.05, 0.1) is 11.6 Å². The van der Waals surface area contributed by atoms with Gasteiger partial charge >= 0.3 is 0 Å². The van der Waals surface area contributed by atoms with E-state index < -0.39 is 69.6 Å². The van der Waals surface area contributed by atoms with Crippen LogP contribution in [0.1, 0.15) is 36.5 Å². The zero-order valence-corrected chi connectivity index (χ0v) is 23.7. The van der Waals surface area contributed by atoms with Crippen LogP contribution in [0.5, 0.6) is 5.75 Å².